The van der Waals surface area contributed by atoms with Gasteiger partial charge in [-0.1, -0.05) is 118 Å². The van der Waals surface area contributed by atoms with E-state index in [1.807, 2.05) is 90.1 Å². The summed E-state index contributed by atoms with van der Waals surface area (Å²) in [6.07, 6.45) is 12.3. The number of hydrogen-bond acceptors (Lipinski definition) is 10. The van der Waals surface area contributed by atoms with E-state index in [4.69, 9.17) is 0 Å². The molecule has 438 valence electrons. The third kappa shape index (κ3) is 20.1. The highest BCUT2D eigenvalue weighted by atomic mass is 16.3. The maximum Gasteiger partial charge on any atom is 0.226 e. The Labute approximate surface area is 489 Å². The highest BCUT2D eigenvalue weighted by Gasteiger charge is 2.30. The third-order valence-electron chi connectivity index (χ3n) is 16.1. The van der Waals surface area contributed by atoms with Crippen LogP contribution in [0.25, 0.3) is 0 Å². The minimum Gasteiger partial charge on any atom is -0.508 e. The van der Waals surface area contributed by atoms with Gasteiger partial charge in [0.15, 0.2) is 0 Å². The molecule has 4 aliphatic rings. The van der Waals surface area contributed by atoms with E-state index in [-0.39, 0.29) is 41.3 Å². The van der Waals surface area contributed by atoms with Crippen LogP contribution in [0, 0.1) is 0 Å². The van der Waals surface area contributed by atoms with E-state index < -0.39 is 0 Å². The number of carbonyl (C=O) groups excluding carboxylic acids is 3. The Balaban J connectivity index is 0.000000160. The van der Waals surface area contributed by atoms with Crippen LogP contribution in [0.5, 0.6) is 11.5 Å². The minimum absolute atomic E-state index is 0.146. The first-order valence-corrected chi connectivity index (χ1v) is 30.5. The number of phenols is 2. The largest absolute Gasteiger partial charge is 0.508 e. The Morgan fingerprint density at radius 3 is 1.11 bits per heavy atom. The van der Waals surface area contributed by atoms with Gasteiger partial charge < -0.3 is 50.7 Å². The number of piperidine rings is 4. The lowest BCUT2D eigenvalue weighted by atomic mass is 10.0. The molecule has 6 aromatic rings. The Morgan fingerprint density at radius 2 is 0.744 bits per heavy atom. The standard InChI is InChI=1S/C22H28N2O2.C19H24N2.C14H20N2O2.C14H20N2O/c1-2-22(26)24(19-8-10-21(25)11-9-19)20-13-16-23(17-14-20)15-12-18-6-4-3-5-7-18;1-3-7-17(8-4-1)11-14-21-15-12-19(13-16-21)20-18-9-5-2-6-10-18;1-2-14(18)16(12-7-9-15-10-8-12)11-3-5-13(17)6-4-11;1-2-14(17)16(12-6-4-3-5-7-12)13-8-10-15-11-9-13/h3-11,20,25H,2,12-17H2,1H3;1-10,19-20H,11-16H2;3-6,12,15,17H,2,7-10H2,1H3;3-7,13,15H,2,8-11H2,1H3. The summed E-state index contributed by atoms with van der Waals surface area (Å²) in [5, 5.41) is 29.2. The molecule has 0 atom stereocenters. The number of nitrogens with one attached hydrogen (secondary N) is 3. The van der Waals surface area contributed by atoms with Crippen LogP contribution in [0.15, 0.2) is 170 Å². The monoisotopic (exact) mass is 1110 g/mol. The van der Waals surface area contributed by atoms with E-state index in [1.165, 1.54) is 49.3 Å². The summed E-state index contributed by atoms with van der Waals surface area (Å²) in [5.41, 5.74) is 6.87. The SMILES string of the molecule is CCC(=O)N(c1ccc(O)cc1)C1CCN(CCc2ccccc2)CC1.CCC(=O)N(c1ccc(O)cc1)C1CCNCC1.CCC(=O)N(c1ccccc1)C1CCNCC1.c1ccc(CCN2CCC(Nc3ccccc3)CC2)cc1. The number of amides is 3. The lowest BCUT2D eigenvalue weighted by Gasteiger charge is -2.38. The Kier molecular flexibility index (Phi) is 26.3. The van der Waals surface area contributed by atoms with E-state index in [9.17, 15) is 24.6 Å². The van der Waals surface area contributed by atoms with Gasteiger partial charge >= 0.3 is 0 Å². The van der Waals surface area contributed by atoms with E-state index in [2.05, 4.69) is 117 Å². The van der Waals surface area contributed by atoms with Gasteiger partial charge in [0.1, 0.15) is 11.5 Å². The summed E-state index contributed by atoms with van der Waals surface area (Å²) in [6, 6.07) is 57.3. The van der Waals surface area contributed by atoms with Crippen molar-refractivity contribution in [1.82, 2.24) is 20.4 Å². The second kappa shape index (κ2) is 34.4. The molecule has 3 amide bonds. The van der Waals surface area contributed by atoms with Crippen molar-refractivity contribution in [2.45, 2.75) is 128 Å². The molecular weight excluding hydrogens is 1020 g/mol. The van der Waals surface area contributed by atoms with E-state index in [0.717, 1.165) is 114 Å². The topological polar surface area (TPSA) is 144 Å². The zero-order valence-corrected chi connectivity index (χ0v) is 49.1. The molecule has 6 aromatic carbocycles. The van der Waals surface area contributed by atoms with E-state index in [1.54, 1.807) is 24.3 Å². The number of nitrogens with zero attached hydrogens (tertiary/aromatic N) is 5. The first kappa shape index (κ1) is 62.6. The predicted octanol–water partition coefficient (Wildman–Crippen LogP) is 11.7. The quantitative estimate of drug-likeness (QED) is 0.0599. The Hall–Kier alpha value is -7.03. The minimum atomic E-state index is 0.146. The van der Waals surface area contributed by atoms with Crippen LogP contribution in [0.4, 0.5) is 22.7 Å². The normalized spacial score (nSPS) is 16.4. The van der Waals surface area contributed by atoms with Crippen LogP contribution >= 0.6 is 0 Å². The molecule has 0 spiro atoms. The van der Waals surface area contributed by atoms with Crippen molar-refractivity contribution >= 4 is 40.5 Å². The maximum absolute atomic E-state index is 12.5. The molecular formula is C69H92N8O5. The molecule has 4 fully saturated rings. The molecule has 13 heteroatoms. The average Bonchev–Trinajstić information content (AvgIpc) is 3.57. The fourth-order valence-electron chi connectivity index (χ4n) is 11.5. The van der Waals surface area contributed by atoms with Crippen LogP contribution in [0.2, 0.25) is 0 Å². The lowest BCUT2D eigenvalue weighted by Crippen LogP contribution is -2.47. The summed E-state index contributed by atoms with van der Waals surface area (Å²) >= 11 is 0. The van der Waals surface area contributed by atoms with Crippen molar-refractivity contribution in [1.29, 1.82) is 0 Å². The highest BCUT2D eigenvalue weighted by Crippen LogP contribution is 2.28. The summed E-state index contributed by atoms with van der Waals surface area (Å²) in [7, 11) is 0. The van der Waals surface area contributed by atoms with Gasteiger partial charge in [-0.2, -0.15) is 0 Å². The van der Waals surface area contributed by atoms with E-state index in [0.29, 0.717) is 31.3 Å². The van der Waals surface area contributed by atoms with Crippen LogP contribution in [0.1, 0.15) is 103 Å². The van der Waals surface area contributed by atoms with Crippen LogP contribution < -0.4 is 30.7 Å². The molecule has 0 bridgehead atoms. The van der Waals surface area contributed by atoms with Crippen molar-refractivity contribution in [3.8, 4) is 11.5 Å². The molecule has 10 rings (SSSR count). The van der Waals surface area contributed by atoms with Gasteiger partial charge in [0, 0.05) is 105 Å². The third-order valence-corrected chi connectivity index (χ3v) is 16.1. The number of aromatic hydroxyl groups is 2. The first-order valence-electron chi connectivity index (χ1n) is 30.5. The zero-order valence-electron chi connectivity index (χ0n) is 49.1. The Morgan fingerprint density at radius 1 is 0.427 bits per heavy atom. The smallest absolute Gasteiger partial charge is 0.226 e. The second-order valence-corrected chi connectivity index (χ2v) is 21.9. The van der Waals surface area contributed by atoms with Gasteiger partial charge in [-0.15, -0.1) is 0 Å². The molecule has 0 aromatic heterocycles. The van der Waals surface area contributed by atoms with Gasteiger partial charge in [0.2, 0.25) is 17.7 Å². The lowest BCUT2D eigenvalue weighted by molar-refractivity contribution is -0.119. The first-order chi connectivity index (χ1) is 40.1. The summed E-state index contributed by atoms with van der Waals surface area (Å²) in [5.74, 6) is 0.982. The van der Waals surface area contributed by atoms with Crippen molar-refractivity contribution < 1.29 is 24.6 Å². The summed E-state index contributed by atoms with van der Waals surface area (Å²) in [6.45, 7) is 16.3. The van der Waals surface area contributed by atoms with Gasteiger partial charge in [-0.05, 0) is 174 Å². The number of hydrogen-bond donors (Lipinski definition) is 5. The van der Waals surface area contributed by atoms with E-state index >= 15 is 0 Å². The molecule has 4 saturated heterocycles. The van der Waals surface area contributed by atoms with Crippen molar-refractivity contribution in [3.05, 3.63) is 181 Å². The predicted molar refractivity (Wildman–Crippen MR) is 337 cm³/mol. The highest BCUT2D eigenvalue weighted by molar-refractivity contribution is 5.95. The Bertz CT molecular complexity index is 2710. The summed E-state index contributed by atoms with van der Waals surface area (Å²) in [4.78, 5) is 47.7. The number of benzene rings is 6. The van der Waals surface area contributed by atoms with Crippen molar-refractivity contribution in [3.63, 3.8) is 0 Å². The van der Waals surface area contributed by atoms with Crippen LogP contribution in [0.3, 0.4) is 0 Å². The van der Waals surface area contributed by atoms with Gasteiger partial charge in [0.05, 0.1) is 0 Å². The van der Waals surface area contributed by atoms with Crippen molar-refractivity contribution in [2.24, 2.45) is 0 Å². The second-order valence-electron chi connectivity index (χ2n) is 21.9. The molecule has 0 unspecified atom stereocenters. The molecule has 0 aliphatic carbocycles. The van der Waals surface area contributed by atoms with Crippen LogP contribution in [-0.2, 0) is 27.2 Å². The fourth-order valence-corrected chi connectivity index (χ4v) is 11.5. The number of rotatable bonds is 17. The average molecular weight is 1110 g/mol. The molecule has 4 heterocycles. The summed E-state index contributed by atoms with van der Waals surface area (Å²) < 4.78 is 0. The van der Waals surface area contributed by atoms with Gasteiger partial charge in [-0.3, -0.25) is 14.4 Å². The number of likely N-dealkylation sites (tertiary alicyclic amines) is 2. The zero-order chi connectivity index (χ0) is 57.7. The number of phenolic OH excluding ortho intramolecular Hbond substituents is 2. The number of carbonyl (C=O) groups is 3. The molecule has 13 nitrogen and oxygen atoms in total. The fraction of sp³-hybridized carbons (Fsp3) is 0.435. The molecule has 82 heavy (non-hydrogen) atoms. The van der Waals surface area contributed by atoms with Gasteiger partial charge in [-0.25, -0.2) is 0 Å². The molecule has 4 aliphatic heterocycles. The number of para-hydroxylation sites is 2. The van der Waals surface area contributed by atoms with Gasteiger partial charge in [0.25, 0.3) is 0 Å². The molecule has 5 N–H and O–H groups in total. The van der Waals surface area contributed by atoms with Crippen molar-refractivity contribution in [2.75, 3.05) is 85.5 Å². The maximum atomic E-state index is 12.5. The number of anilines is 4. The molecule has 0 radical (unpaired) electrons. The van der Waals surface area contributed by atoms with Crippen LogP contribution in [-0.4, -0.2) is 127 Å². The molecule has 0 saturated carbocycles.